The molecule has 0 N–H and O–H groups in total. The summed E-state index contributed by atoms with van der Waals surface area (Å²) in [7, 11) is 0. The molecule has 3 atom stereocenters. The maximum atomic E-state index is 11.3. The molecule has 0 spiro atoms. The fourth-order valence-electron chi connectivity index (χ4n) is 3.55. The summed E-state index contributed by atoms with van der Waals surface area (Å²) >= 11 is 0. The lowest BCUT2D eigenvalue weighted by Crippen LogP contribution is -2.42. The highest BCUT2D eigenvalue weighted by Crippen LogP contribution is 2.31. The van der Waals surface area contributed by atoms with Gasteiger partial charge in [-0.3, -0.25) is 9.69 Å². The van der Waals surface area contributed by atoms with Gasteiger partial charge in [-0.05, 0) is 38.1 Å². The molecule has 1 aliphatic carbocycles. The minimum Gasteiger partial charge on any atom is -0.300 e. The van der Waals surface area contributed by atoms with Crippen molar-refractivity contribution in [2.75, 3.05) is 13.1 Å². The molecule has 2 nitrogen and oxygen atoms in total. The van der Waals surface area contributed by atoms with Crippen molar-refractivity contribution in [3.8, 4) is 0 Å². The molecule has 0 bridgehead atoms. The van der Waals surface area contributed by atoms with Gasteiger partial charge in [0.05, 0.1) is 0 Å². The summed E-state index contributed by atoms with van der Waals surface area (Å²) in [6.07, 6.45) is 8.65. The molecule has 98 valence electrons. The van der Waals surface area contributed by atoms with Gasteiger partial charge in [0.1, 0.15) is 5.78 Å². The first kappa shape index (κ1) is 13.1. The summed E-state index contributed by atoms with van der Waals surface area (Å²) in [5, 5.41) is 0. The number of hydrogen-bond acceptors (Lipinski definition) is 2. The van der Waals surface area contributed by atoms with E-state index in [1.165, 1.54) is 38.6 Å². The zero-order chi connectivity index (χ0) is 12.3. The van der Waals surface area contributed by atoms with E-state index < -0.39 is 0 Å². The number of hydrogen-bond donors (Lipinski definition) is 0. The molecule has 2 fully saturated rings. The Morgan fingerprint density at radius 2 is 2.12 bits per heavy atom. The molecular formula is C15H27NO. The largest absolute Gasteiger partial charge is 0.300 e. The minimum absolute atomic E-state index is 0.458. The van der Waals surface area contributed by atoms with Crippen LogP contribution >= 0.6 is 0 Å². The highest BCUT2D eigenvalue weighted by molar-refractivity contribution is 5.79. The third kappa shape index (κ3) is 3.80. The van der Waals surface area contributed by atoms with Crippen molar-refractivity contribution >= 4 is 5.78 Å². The second-order valence-corrected chi connectivity index (χ2v) is 6.30. The van der Waals surface area contributed by atoms with Gasteiger partial charge >= 0.3 is 0 Å². The van der Waals surface area contributed by atoms with Crippen molar-refractivity contribution in [1.29, 1.82) is 0 Å². The Hall–Kier alpha value is -0.370. The molecule has 2 heteroatoms. The summed E-state index contributed by atoms with van der Waals surface area (Å²) in [4.78, 5) is 13.9. The van der Waals surface area contributed by atoms with E-state index in [1.54, 1.807) is 0 Å². The molecule has 2 aliphatic rings. The third-order valence-electron chi connectivity index (χ3n) is 4.69. The summed E-state index contributed by atoms with van der Waals surface area (Å²) < 4.78 is 0. The second-order valence-electron chi connectivity index (χ2n) is 6.30. The summed E-state index contributed by atoms with van der Waals surface area (Å²) in [5.41, 5.74) is 0. The van der Waals surface area contributed by atoms with Crippen molar-refractivity contribution in [1.82, 2.24) is 4.90 Å². The maximum absolute atomic E-state index is 11.3. The molecule has 0 aromatic heterocycles. The van der Waals surface area contributed by atoms with Crippen LogP contribution in [0.25, 0.3) is 0 Å². The molecule has 2 rings (SSSR count). The van der Waals surface area contributed by atoms with Gasteiger partial charge in [0.25, 0.3) is 0 Å². The first-order valence-corrected chi connectivity index (χ1v) is 7.41. The Balaban J connectivity index is 1.72. The van der Waals surface area contributed by atoms with Crippen LogP contribution in [0.5, 0.6) is 0 Å². The number of nitrogens with zero attached hydrogens (tertiary/aromatic N) is 1. The molecule has 0 aromatic carbocycles. The monoisotopic (exact) mass is 237 g/mol. The van der Waals surface area contributed by atoms with E-state index in [0.29, 0.717) is 11.8 Å². The SMILES string of the molecule is CC1CCCC(CCN2CCC(=O)CC2C)C1. The number of ketones is 1. The smallest absolute Gasteiger partial charge is 0.135 e. The van der Waals surface area contributed by atoms with Gasteiger partial charge in [-0.15, -0.1) is 0 Å². The quantitative estimate of drug-likeness (QED) is 0.751. The van der Waals surface area contributed by atoms with Crippen LogP contribution in [0.2, 0.25) is 0 Å². The summed E-state index contributed by atoms with van der Waals surface area (Å²) in [6.45, 7) is 6.82. The Kier molecular flexibility index (Phi) is 4.61. The molecule has 1 aliphatic heterocycles. The Labute approximate surface area is 106 Å². The Bertz CT molecular complexity index is 264. The van der Waals surface area contributed by atoms with Crippen molar-refractivity contribution in [2.45, 2.75) is 64.8 Å². The van der Waals surface area contributed by atoms with Crippen molar-refractivity contribution in [2.24, 2.45) is 11.8 Å². The molecular weight excluding hydrogens is 210 g/mol. The Morgan fingerprint density at radius 3 is 2.82 bits per heavy atom. The number of likely N-dealkylation sites (tertiary alicyclic amines) is 1. The molecule has 0 amide bonds. The number of carbonyl (C=O) groups excluding carboxylic acids is 1. The van der Waals surface area contributed by atoms with E-state index in [2.05, 4.69) is 18.7 Å². The van der Waals surface area contributed by atoms with Gasteiger partial charge in [0.2, 0.25) is 0 Å². The van der Waals surface area contributed by atoms with Crippen LogP contribution in [0, 0.1) is 11.8 Å². The number of Topliss-reactive ketones (excluding diaryl/α,β-unsaturated/α-hetero) is 1. The average molecular weight is 237 g/mol. The number of rotatable bonds is 3. The second kappa shape index (κ2) is 5.99. The van der Waals surface area contributed by atoms with E-state index in [1.807, 2.05) is 0 Å². The van der Waals surface area contributed by atoms with Gasteiger partial charge in [-0.2, -0.15) is 0 Å². The molecule has 0 aromatic rings. The first-order valence-electron chi connectivity index (χ1n) is 7.41. The van der Waals surface area contributed by atoms with Crippen LogP contribution in [0.3, 0.4) is 0 Å². The fraction of sp³-hybridized carbons (Fsp3) is 0.933. The van der Waals surface area contributed by atoms with E-state index in [0.717, 1.165) is 31.2 Å². The average Bonchev–Trinajstić information content (AvgIpc) is 2.28. The fourth-order valence-corrected chi connectivity index (χ4v) is 3.55. The minimum atomic E-state index is 0.458. The van der Waals surface area contributed by atoms with Crippen LogP contribution in [0.1, 0.15) is 58.8 Å². The van der Waals surface area contributed by atoms with Gasteiger partial charge in [-0.1, -0.05) is 26.2 Å². The van der Waals surface area contributed by atoms with Crippen molar-refractivity contribution < 1.29 is 4.79 Å². The molecule has 1 heterocycles. The zero-order valence-corrected chi connectivity index (χ0v) is 11.5. The van der Waals surface area contributed by atoms with Gasteiger partial charge in [0.15, 0.2) is 0 Å². The first-order chi connectivity index (χ1) is 8.15. The zero-order valence-electron chi connectivity index (χ0n) is 11.5. The number of carbonyl (C=O) groups is 1. The standard InChI is InChI=1S/C15H27NO/c1-12-4-3-5-14(10-12)6-8-16-9-7-15(17)11-13(16)2/h12-14H,3-11H2,1-2H3. The highest BCUT2D eigenvalue weighted by Gasteiger charge is 2.25. The van der Waals surface area contributed by atoms with Crippen LogP contribution in [-0.2, 0) is 4.79 Å². The van der Waals surface area contributed by atoms with Crippen LogP contribution in [-0.4, -0.2) is 29.8 Å². The lowest BCUT2D eigenvalue weighted by atomic mass is 9.80. The van der Waals surface area contributed by atoms with E-state index in [-0.39, 0.29) is 0 Å². The topological polar surface area (TPSA) is 20.3 Å². The van der Waals surface area contributed by atoms with Gasteiger partial charge in [-0.25, -0.2) is 0 Å². The summed E-state index contributed by atoms with van der Waals surface area (Å²) in [6, 6.07) is 0.484. The third-order valence-corrected chi connectivity index (χ3v) is 4.69. The molecule has 1 saturated carbocycles. The molecule has 3 unspecified atom stereocenters. The summed E-state index contributed by atoms with van der Waals surface area (Å²) in [5.74, 6) is 2.35. The van der Waals surface area contributed by atoms with Crippen LogP contribution in [0.4, 0.5) is 0 Å². The van der Waals surface area contributed by atoms with E-state index in [4.69, 9.17) is 0 Å². The molecule has 0 radical (unpaired) electrons. The highest BCUT2D eigenvalue weighted by atomic mass is 16.1. The Morgan fingerprint density at radius 1 is 1.29 bits per heavy atom. The predicted molar refractivity (Wildman–Crippen MR) is 71.0 cm³/mol. The normalized spacial score (nSPS) is 36.1. The molecule has 17 heavy (non-hydrogen) atoms. The van der Waals surface area contributed by atoms with Crippen LogP contribution in [0.15, 0.2) is 0 Å². The van der Waals surface area contributed by atoms with Gasteiger partial charge in [0, 0.05) is 25.4 Å². The lowest BCUT2D eigenvalue weighted by Gasteiger charge is -2.35. The van der Waals surface area contributed by atoms with E-state index >= 15 is 0 Å². The van der Waals surface area contributed by atoms with Crippen molar-refractivity contribution in [3.05, 3.63) is 0 Å². The lowest BCUT2D eigenvalue weighted by molar-refractivity contribution is -0.122. The van der Waals surface area contributed by atoms with E-state index in [9.17, 15) is 4.79 Å². The van der Waals surface area contributed by atoms with Gasteiger partial charge < -0.3 is 0 Å². The van der Waals surface area contributed by atoms with Crippen molar-refractivity contribution in [3.63, 3.8) is 0 Å². The molecule has 1 saturated heterocycles. The van der Waals surface area contributed by atoms with Crippen LogP contribution < -0.4 is 0 Å². The predicted octanol–water partition coefficient (Wildman–Crippen LogP) is 3.26. The number of piperidine rings is 1. The maximum Gasteiger partial charge on any atom is 0.135 e.